The second-order valence-electron chi connectivity index (χ2n) is 9.61. The van der Waals surface area contributed by atoms with Gasteiger partial charge in [0.05, 0.1) is 22.5 Å². The number of aromatic hydroxyl groups is 1. The van der Waals surface area contributed by atoms with Crippen molar-refractivity contribution in [3.63, 3.8) is 0 Å². The summed E-state index contributed by atoms with van der Waals surface area (Å²) in [7, 11) is 0. The highest BCUT2D eigenvalue weighted by atomic mass is 35.5. The molecule has 2 saturated heterocycles. The highest BCUT2D eigenvalue weighted by Crippen LogP contribution is 2.54. The smallest absolute Gasteiger partial charge is 0.250 e. The molecule has 0 saturated carbocycles. The van der Waals surface area contributed by atoms with Crippen molar-refractivity contribution in [3.05, 3.63) is 94.5 Å². The molecular weight excluding hydrogens is 478 g/mol. The molecule has 3 heterocycles. The molecule has 3 aliphatic rings. The van der Waals surface area contributed by atoms with Gasteiger partial charge >= 0.3 is 0 Å². The normalized spacial score (nSPS) is 26.4. The van der Waals surface area contributed by atoms with Crippen molar-refractivity contribution in [3.8, 4) is 5.75 Å². The molecule has 3 aliphatic heterocycles. The highest BCUT2D eigenvalue weighted by molar-refractivity contribution is 6.35. The predicted molar refractivity (Wildman–Crippen MR) is 134 cm³/mol. The van der Waals surface area contributed by atoms with Gasteiger partial charge in [-0.2, -0.15) is 0 Å². The van der Waals surface area contributed by atoms with E-state index in [0.717, 1.165) is 11.1 Å². The average molecular weight is 502 g/mol. The number of carbonyl (C=O) groups excluding carboxylic acids is 3. The van der Waals surface area contributed by atoms with Crippen LogP contribution in [0.1, 0.15) is 16.7 Å². The lowest BCUT2D eigenvalue weighted by atomic mass is 9.76. The van der Waals surface area contributed by atoms with Crippen LogP contribution >= 0.6 is 11.6 Å². The Labute approximate surface area is 213 Å². The van der Waals surface area contributed by atoms with Gasteiger partial charge in [0.1, 0.15) is 11.3 Å². The SMILES string of the molecule is O=C1[C@@H]2[C@H](Cc3ccc(O)cc3)N[C@@]3(C(=O)Nc4c(Cl)cccc43)[C@@H]2C(=O)N1CCc1ccccc1. The molecule has 0 aliphatic carbocycles. The number of phenolic OH excluding ortho intramolecular Hbond substituents is 1. The van der Waals surface area contributed by atoms with Crippen LogP contribution in [0.3, 0.4) is 0 Å². The van der Waals surface area contributed by atoms with Gasteiger partial charge in [0.15, 0.2) is 0 Å². The molecule has 182 valence electrons. The number of fused-ring (bicyclic) bond motifs is 4. The van der Waals surface area contributed by atoms with Gasteiger partial charge in [-0.05, 0) is 42.2 Å². The fraction of sp³-hybridized carbons (Fsp3) is 0.250. The molecule has 1 spiro atoms. The van der Waals surface area contributed by atoms with Gasteiger partial charge in [0.2, 0.25) is 17.7 Å². The average Bonchev–Trinajstić information content (AvgIpc) is 3.45. The third kappa shape index (κ3) is 3.34. The first kappa shape index (κ1) is 22.8. The summed E-state index contributed by atoms with van der Waals surface area (Å²) >= 11 is 6.40. The van der Waals surface area contributed by atoms with Crippen LogP contribution in [0, 0.1) is 11.8 Å². The fourth-order valence-electron chi connectivity index (χ4n) is 6.02. The summed E-state index contributed by atoms with van der Waals surface area (Å²) in [5.41, 5.74) is 1.59. The Morgan fingerprint density at radius 2 is 1.64 bits per heavy atom. The van der Waals surface area contributed by atoms with E-state index in [1.807, 2.05) is 30.3 Å². The Morgan fingerprint density at radius 3 is 2.39 bits per heavy atom. The van der Waals surface area contributed by atoms with Gasteiger partial charge in [-0.25, -0.2) is 0 Å². The quantitative estimate of drug-likeness (QED) is 0.466. The zero-order chi connectivity index (χ0) is 25.0. The van der Waals surface area contributed by atoms with Crippen LogP contribution in [-0.2, 0) is 32.8 Å². The van der Waals surface area contributed by atoms with Gasteiger partial charge in [-0.1, -0.05) is 66.2 Å². The molecule has 2 fully saturated rings. The molecule has 36 heavy (non-hydrogen) atoms. The number of imide groups is 1. The molecule has 0 aromatic heterocycles. The first-order valence-electron chi connectivity index (χ1n) is 12.0. The van der Waals surface area contributed by atoms with Crippen molar-refractivity contribution in [2.24, 2.45) is 11.8 Å². The van der Waals surface area contributed by atoms with Crippen LogP contribution in [0.5, 0.6) is 5.75 Å². The van der Waals surface area contributed by atoms with E-state index in [9.17, 15) is 19.5 Å². The number of nitrogens with zero attached hydrogens (tertiary/aromatic N) is 1. The number of para-hydroxylation sites is 1. The highest BCUT2D eigenvalue weighted by Gasteiger charge is 2.70. The van der Waals surface area contributed by atoms with Crippen LogP contribution < -0.4 is 10.6 Å². The molecule has 0 bridgehead atoms. The number of carbonyl (C=O) groups is 3. The molecule has 4 atom stereocenters. The largest absolute Gasteiger partial charge is 0.508 e. The maximum absolute atomic E-state index is 13.9. The lowest BCUT2D eigenvalue weighted by Crippen LogP contribution is -2.53. The van der Waals surface area contributed by atoms with Crippen molar-refractivity contribution in [1.29, 1.82) is 0 Å². The minimum absolute atomic E-state index is 0.144. The number of hydrogen-bond donors (Lipinski definition) is 3. The van der Waals surface area contributed by atoms with Gasteiger partial charge in [-0.15, -0.1) is 0 Å². The molecule has 3 aromatic rings. The molecule has 0 unspecified atom stereocenters. The zero-order valence-corrected chi connectivity index (χ0v) is 20.0. The topological polar surface area (TPSA) is 98.7 Å². The van der Waals surface area contributed by atoms with Crippen molar-refractivity contribution >= 4 is 35.0 Å². The summed E-state index contributed by atoms with van der Waals surface area (Å²) in [6, 6.07) is 21.2. The summed E-state index contributed by atoms with van der Waals surface area (Å²) in [4.78, 5) is 42.6. The zero-order valence-electron chi connectivity index (χ0n) is 19.3. The van der Waals surface area contributed by atoms with Gasteiger partial charge in [0.25, 0.3) is 0 Å². The third-order valence-corrected chi connectivity index (χ3v) is 7.96. The molecule has 3 aromatic carbocycles. The maximum Gasteiger partial charge on any atom is 0.250 e. The Hall–Kier alpha value is -3.68. The van der Waals surface area contributed by atoms with E-state index in [1.54, 1.807) is 42.5 Å². The van der Waals surface area contributed by atoms with Gasteiger partial charge in [-0.3, -0.25) is 24.6 Å². The molecular formula is C28H24ClN3O4. The fourth-order valence-corrected chi connectivity index (χ4v) is 6.24. The molecule has 7 nitrogen and oxygen atoms in total. The molecule has 0 radical (unpaired) electrons. The third-order valence-electron chi connectivity index (χ3n) is 7.65. The molecule has 8 heteroatoms. The van der Waals surface area contributed by atoms with E-state index in [2.05, 4.69) is 10.6 Å². The lowest BCUT2D eigenvalue weighted by molar-refractivity contribution is -0.142. The van der Waals surface area contributed by atoms with Crippen molar-refractivity contribution in [1.82, 2.24) is 10.2 Å². The van der Waals surface area contributed by atoms with Crippen LogP contribution in [0.2, 0.25) is 5.02 Å². The monoisotopic (exact) mass is 501 g/mol. The van der Waals surface area contributed by atoms with Gasteiger partial charge in [0, 0.05) is 18.2 Å². The molecule has 3 amide bonds. The van der Waals surface area contributed by atoms with E-state index in [4.69, 9.17) is 11.6 Å². The minimum atomic E-state index is -1.39. The first-order chi connectivity index (χ1) is 17.4. The van der Waals surface area contributed by atoms with Crippen molar-refractivity contribution in [2.45, 2.75) is 24.4 Å². The number of nitrogens with one attached hydrogen (secondary N) is 2. The Bertz CT molecular complexity index is 1380. The Kier molecular flexibility index (Phi) is 5.35. The Morgan fingerprint density at radius 1 is 0.889 bits per heavy atom. The molecule has 3 N–H and O–H groups in total. The maximum atomic E-state index is 13.9. The lowest BCUT2D eigenvalue weighted by Gasteiger charge is -2.29. The van der Waals surface area contributed by atoms with Crippen molar-refractivity contribution in [2.75, 3.05) is 11.9 Å². The van der Waals surface area contributed by atoms with E-state index in [-0.39, 0.29) is 30.0 Å². The summed E-state index contributed by atoms with van der Waals surface area (Å²) < 4.78 is 0. The summed E-state index contributed by atoms with van der Waals surface area (Å²) in [6.07, 6.45) is 0.952. The minimum Gasteiger partial charge on any atom is -0.508 e. The summed E-state index contributed by atoms with van der Waals surface area (Å²) in [5, 5.41) is 16.3. The second-order valence-corrected chi connectivity index (χ2v) is 10.0. The molecule has 6 rings (SSSR count). The number of rotatable bonds is 5. The van der Waals surface area contributed by atoms with Crippen LogP contribution in [-0.4, -0.2) is 40.3 Å². The second kappa shape index (κ2) is 8.47. The van der Waals surface area contributed by atoms with Crippen LogP contribution in [0.15, 0.2) is 72.8 Å². The van der Waals surface area contributed by atoms with Gasteiger partial charge < -0.3 is 10.4 Å². The Balaban J connectivity index is 1.40. The standard InChI is InChI=1S/C28H24ClN3O4/c29-20-8-4-7-19-24(20)30-27(36)28(19)23-22(21(31-28)15-17-9-11-18(33)12-10-17)25(34)32(26(23)35)14-13-16-5-2-1-3-6-16/h1-12,21-23,31,33H,13-15H2,(H,30,36)/t21-,22+,23-,28+/m0/s1. The van der Waals surface area contributed by atoms with Crippen molar-refractivity contribution < 1.29 is 19.5 Å². The van der Waals surface area contributed by atoms with Crippen LogP contribution in [0.25, 0.3) is 0 Å². The number of likely N-dealkylation sites (tertiary alicyclic amines) is 1. The van der Waals surface area contributed by atoms with E-state index >= 15 is 0 Å². The predicted octanol–water partition coefficient (Wildman–Crippen LogP) is 3.25. The number of benzene rings is 3. The van der Waals surface area contributed by atoms with E-state index in [0.29, 0.717) is 29.1 Å². The number of halogens is 1. The number of hydrogen-bond acceptors (Lipinski definition) is 5. The first-order valence-corrected chi connectivity index (χ1v) is 12.3. The summed E-state index contributed by atoms with van der Waals surface area (Å²) in [5.74, 6) is -2.44. The number of anilines is 1. The summed E-state index contributed by atoms with van der Waals surface area (Å²) in [6.45, 7) is 0.251. The number of phenols is 1. The number of amides is 3. The van der Waals surface area contributed by atoms with E-state index < -0.39 is 23.4 Å². The van der Waals surface area contributed by atoms with E-state index in [1.165, 1.54) is 4.90 Å². The van der Waals surface area contributed by atoms with Crippen LogP contribution in [0.4, 0.5) is 5.69 Å².